The third-order valence-electron chi connectivity index (χ3n) is 3.62. The van der Waals surface area contributed by atoms with Crippen molar-refractivity contribution < 1.29 is 23.8 Å². The van der Waals surface area contributed by atoms with Crippen molar-refractivity contribution >= 4 is 39.6 Å². The van der Waals surface area contributed by atoms with Crippen molar-refractivity contribution in [1.29, 1.82) is 0 Å². The normalized spacial score (nSPS) is 10.5. The fourth-order valence-electron chi connectivity index (χ4n) is 2.31. The maximum atomic E-state index is 11.9. The zero-order valence-corrected chi connectivity index (χ0v) is 16.8. The molecular weight excluding hydrogens is 414 g/mol. The van der Waals surface area contributed by atoms with Crippen molar-refractivity contribution in [2.45, 2.75) is 6.92 Å². The smallest absolute Gasteiger partial charge is 0.331 e. The minimum Gasteiger partial charge on any atom is -0.493 e. The van der Waals surface area contributed by atoms with Gasteiger partial charge in [-0.2, -0.15) is 0 Å². The van der Waals surface area contributed by atoms with Gasteiger partial charge in [-0.1, -0.05) is 28.1 Å². The molecule has 0 aliphatic heterocycles. The first-order chi connectivity index (χ1) is 12.9. The lowest BCUT2D eigenvalue weighted by Gasteiger charge is -2.09. The van der Waals surface area contributed by atoms with Gasteiger partial charge in [-0.3, -0.25) is 4.79 Å². The average Bonchev–Trinajstić information content (AvgIpc) is 2.67. The molecule has 0 atom stereocenters. The number of rotatable bonds is 7. The van der Waals surface area contributed by atoms with Crippen LogP contribution in [-0.2, 0) is 14.3 Å². The van der Waals surface area contributed by atoms with E-state index in [1.807, 2.05) is 19.1 Å². The summed E-state index contributed by atoms with van der Waals surface area (Å²) in [5.41, 5.74) is 2.27. The van der Waals surface area contributed by atoms with Crippen molar-refractivity contribution in [3.8, 4) is 11.5 Å². The second-order valence-electron chi connectivity index (χ2n) is 5.54. The summed E-state index contributed by atoms with van der Waals surface area (Å²) in [5, 5.41) is 2.67. The predicted octanol–water partition coefficient (Wildman–Crippen LogP) is 3.97. The molecule has 1 amide bonds. The van der Waals surface area contributed by atoms with Gasteiger partial charge in [0.25, 0.3) is 5.91 Å². The standard InChI is InChI=1S/C20H20BrNO5/c1-13-11-15(8-9-16(13)21)22-18(23)12-27-19(24)10-7-14-5-4-6-17(25-2)20(14)26-3/h4-11H,12H2,1-3H3,(H,22,23)/b10-7+. The molecular formula is C20H20BrNO5. The highest BCUT2D eigenvalue weighted by atomic mass is 79.9. The summed E-state index contributed by atoms with van der Waals surface area (Å²) in [7, 11) is 3.05. The lowest BCUT2D eigenvalue weighted by Crippen LogP contribution is -2.20. The van der Waals surface area contributed by atoms with Crippen LogP contribution in [0.5, 0.6) is 11.5 Å². The molecule has 0 radical (unpaired) electrons. The van der Waals surface area contributed by atoms with Crippen molar-refractivity contribution in [2.24, 2.45) is 0 Å². The summed E-state index contributed by atoms with van der Waals surface area (Å²) in [6, 6.07) is 10.7. The van der Waals surface area contributed by atoms with Gasteiger partial charge in [0.15, 0.2) is 18.1 Å². The van der Waals surface area contributed by atoms with Crippen molar-refractivity contribution in [3.05, 3.63) is 58.1 Å². The minimum atomic E-state index is -0.637. The lowest BCUT2D eigenvalue weighted by atomic mass is 10.1. The quantitative estimate of drug-likeness (QED) is 0.528. The molecule has 0 saturated carbocycles. The molecule has 2 rings (SSSR count). The van der Waals surface area contributed by atoms with E-state index in [0.29, 0.717) is 22.7 Å². The molecule has 7 heteroatoms. The Morgan fingerprint density at radius 3 is 2.59 bits per heavy atom. The van der Waals surface area contributed by atoms with Gasteiger partial charge in [0.1, 0.15) is 0 Å². The molecule has 6 nitrogen and oxygen atoms in total. The molecule has 0 unspecified atom stereocenters. The number of methoxy groups -OCH3 is 2. The van der Waals surface area contributed by atoms with E-state index in [-0.39, 0.29) is 6.61 Å². The Hall–Kier alpha value is -2.80. The highest BCUT2D eigenvalue weighted by Crippen LogP contribution is 2.31. The minimum absolute atomic E-state index is 0.381. The Morgan fingerprint density at radius 1 is 1.15 bits per heavy atom. The molecule has 0 saturated heterocycles. The van der Waals surface area contributed by atoms with Gasteiger partial charge in [-0.15, -0.1) is 0 Å². The Morgan fingerprint density at radius 2 is 1.93 bits per heavy atom. The first-order valence-electron chi connectivity index (χ1n) is 8.06. The number of carbonyl (C=O) groups is 2. The average molecular weight is 434 g/mol. The molecule has 1 N–H and O–H groups in total. The number of esters is 1. The first-order valence-corrected chi connectivity index (χ1v) is 8.85. The summed E-state index contributed by atoms with van der Waals surface area (Å²) in [6.45, 7) is 1.53. The van der Waals surface area contributed by atoms with E-state index in [1.54, 1.807) is 30.3 Å². The first kappa shape index (κ1) is 20.5. The van der Waals surface area contributed by atoms with Gasteiger partial charge in [0.05, 0.1) is 14.2 Å². The van der Waals surface area contributed by atoms with Crippen LogP contribution in [0.2, 0.25) is 0 Å². The second kappa shape index (κ2) is 9.78. The maximum absolute atomic E-state index is 11.9. The molecule has 142 valence electrons. The van der Waals surface area contributed by atoms with Crippen molar-refractivity contribution in [1.82, 2.24) is 0 Å². The van der Waals surface area contributed by atoms with E-state index >= 15 is 0 Å². The van der Waals surface area contributed by atoms with Crippen molar-refractivity contribution in [2.75, 3.05) is 26.1 Å². The predicted molar refractivity (Wildman–Crippen MR) is 107 cm³/mol. The Labute approximate surface area is 166 Å². The molecule has 2 aromatic carbocycles. The highest BCUT2D eigenvalue weighted by Gasteiger charge is 2.09. The molecule has 0 aliphatic rings. The number of nitrogens with one attached hydrogen (secondary N) is 1. The summed E-state index contributed by atoms with van der Waals surface area (Å²) in [4.78, 5) is 23.8. The summed E-state index contributed by atoms with van der Waals surface area (Å²) in [5.74, 6) is 0.00373. The molecule has 0 spiro atoms. The monoisotopic (exact) mass is 433 g/mol. The third kappa shape index (κ3) is 5.86. The van der Waals surface area contributed by atoms with Crippen molar-refractivity contribution in [3.63, 3.8) is 0 Å². The van der Waals surface area contributed by atoms with Crippen LogP contribution in [0.3, 0.4) is 0 Å². The number of hydrogen-bond acceptors (Lipinski definition) is 5. The fraction of sp³-hybridized carbons (Fsp3) is 0.200. The molecule has 0 aliphatic carbocycles. The van der Waals surface area contributed by atoms with E-state index in [0.717, 1.165) is 10.0 Å². The van der Waals surface area contributed by atoms with Gasteiger partial charge in [-0.25, -0.2) is 4.79 Å². The number of aryl methyl sites for hydroxylation is 1. The zero-order chi connectivity index (χ0) is 19.8. The topological polar surface area (TPSA) is 73.9 Å². The summed E-state index contributed by atoms with van der Waals surface area (Å²) in [6.07, 6.45) is 2.77. The number of anilines is 1. The van der Waals surface area contributed by atoms with E-state index in [1.165, 1.54) is 20.3 Å². The zero-order valence-electron chi connectivity index (χ0n) is 15.2. The number of benzene rings is 2. The summed E-state index contributed by atoms with van der Waals surface area (Å²) < 4.78 is 16.4. The maximum Gasteiger partial charge on any atom is 0.331 e. The van der Waals surface area contributed by atoms with Gasteiger partial charge < -0.3 is 19.5 Å². The molecule has 27 heavy (non-hydrogen) atoms. The third-order valence-corrected chi connectivity index (χ3v) is 4.51. The number of para-hydroxylation sites is 1. The van der Waals surface area contributed by atoms with Crippen LogP contribution in [0, 0.1) is 6.92 Å². The van der Waals surface area contributed by atoms with Crippen LogP contribution in [0.15, 0.2) is 46.9 Å². The van der Waals surface area contributed by atoms with Crippen LogP contribution in [0.4, 0.5) is 5.69 Å². The van der Waals surface area contributed by atoms with E-state index in [4.69, 9.17) is 14.2 Å². The Kier molecular flexibility index (Phi) is 7.43. The van der Waals surface area contributed by atoms with E-state index in [2.05, 4.69) is 21.2 Å². The van der Waals surface area contributed by atoms with Gasteiger partial charge in [0, 0.05) is 21.8 Å². The van der Waals surface area contributed by atoms with Crippen LogP contribution in [-0.4, -0.2) is 32.7 Å². The summed E-state index contributed by atoms with van der Waals surface area (Å²) >= 11 is 3.39. The Balaban J connectivity index is 1.91. The number of carbonyl (C=O) groups excluding carboxylic acids is 2. The van der Waals surface area contributed by atoms with E-state index in [9.17, 15) is 9.59 Å². The lowest BCUT2D eigenvalue weighted by molar-refractivity contribution is -0.142. The van der Waals surface area contributed by atoms with Crippen LogP contribution >= 0.6 is 15.9 Å². The number of halogens is 1. The van der Waals surface area contributed by atoms with Gasteiger partial charge in [0.2, 0.25) is 0 Å². The van der Waals surface area contributed by atoms with E-state index < -0.39 is 11.9 Å². The fourth-order valence-corrected chi connectivity index (χ4v) is 2.55. The van der Waals surface area contributed by atoms with Crippen LogP contribution in [0.1, 0.15) is 11.1 Å². The van der Waals surface area contributed by atoms with Gasteiger partial charge in [-0.05, 0) is 42.8 Å². The molecule has 0 aromatic heterocycles. The second-order valence-corrected chi connectivity index (χ2v) is 6.39. The number of hydrogen-bond donors (Lipinski definition) is 1. The SMILES string of the molecule is COc1cccc(/C=C/C(=O)OCC(=O)Nc2ccc(Br)c(C)c2)c1OC. The molecule has 2 aromatic rings. The Bertz CT molecular complexity index is 863. The number of ether oxygens (including phenoxy) is 3. The highest BCUT2D eigenvalue weighted by molar-refractivity contribution is 9.10. The largest absolute Gasteiger partial charge is 0.493 e. The molecule has 0 heterocycles. The molecule has 0 bridgehead atoms. The molecule has 0 fully saturated rings. The van der Waals surface area contributed by atoms with Gasteiger partial charge >= 0.3 is 5.97 Å². The number of amides is 1. The van der Waals surface area contributed by atoms with Crippen LogP contribution < -0.4 is 14.8 Å². The van der Waals surface area contributed by atoms with Crippen LogP contribution in [0.25, 0.3) is 6.08 Å².